The molecule has 0 bridgehead atoms. The Morgan fingerprint density at radius 1 is 1.38 bits per heavy atom. The van der Waals surface area contributed by atoms with Crippen LogP contribution in [0.4, 0.5) is 0 Å². The number of carbonyl (C=O) groups is 1. The fourth-order valence-corrected chi connectivity index (χ4v) is 1.09. The van der Waals surface area contributed by atoms with Gasteiger partial charge in [0, 0.05) is 12.2 Å². The number of ketones is 1. The Hall–Kier alpha value is -1.19. The molecule has 0 aromatic heterocycles. The van der Waals surface area contributed by atoms with Gasteiger partial charge in [-0.15, -0.1) is 0 Å². The molecule has 70 valence electrons. The van der Waals surface area contributed by atoms with E-state index in [0.29, 0.717) is 12.0 Å². The molecule has 0 aliphatic rings. The number of rotatable bonds is 4. The Kier molecular flexibility index (Phi) is 3.61. The topological polar surface area (TPSA) is 63.3 Å². The average Bonchev–Trinajstić information content (AvgIpc) is 2.18. The molecule has 0 aliphatic heterocycles. The van der Waals surface area contributed by atoms with E-state index < -0.39 is 6.04 Å². The number of carbonyl (C=O) groups excluding carboxylic acids is 1. The van der Waals surface area contributed by atoms with Gasteiger partial charge in [0.05, 0.1) is 6.04 Å². The molecule has 0 saturated heterocycles. The van der Waals surface area contributed by atoms with Crippen molar-refractivity contribution in [1.29, 1.82) is 0 Å². The van der Waals surface area contributed by atoms with E-state index >= 15 is 0 Å². The second-order valence-electron chi connectivity index (χ2n) is 2.85. The largest absolute Gasteiger partial charge is 0.396 e. The van der Waals surface area contributed by atoms with Gasteiger partial charge in [-0.25, -0.2) is 0 Å². The summed E-state index contributed by atoms with van der Waals surface area (Å²) >= 11 is 0. The zero-order valence-corrected chi connectivity index (χ0v) is 7.31. The molecular weight excluding hydrogens is 166 g/mol. The molecule has 1 rings (SSSR count). The molecule has 1 aromatic carbocycles. The summed E-state index contributed by atoms with van der Waals surface area (Å²) in [5, 5.41) is 8.60. The Morgan fingerprint density at radius 3 is 2.54 bits per heavy atom. The first-order chi connectivity index (χ1) is 6.25. The minimum atomic E-state index is -0.590. The minimum Gasteiger partial charge on any atom is -0.396 e. The van der Waals surface area contributed by atoms with Crippen LogP contribution >= 0.6 is 0 Å². The molecule has 0 amide bonds. The van der Waals surface area contributed by atoms with Crippen LogP contribution in [0, 0.1) is 0 Å². The van der Waals surface area contributed by atoms with Gasteiger partial charge in [-0.05, 0) is 6.42 Å². The maximum Gasteiger partial charge on any atom is 0.179 e. The lowest BCUT2D eigenvalue weighted by Gasteiger charge is -2.07. The van der Waals surface area contributed by atoms with Gasteiger partial charge >= 0.3 is 0 Å². The number of hydrogen-bond donors (Lipinski definition) is 2. The van der Waals surface area contributed by atoms with E-state index in [1.54, 1.807) is 24.3 Å². The number of aliphatic hydroxyl groups is 1. The highest BCUT2D eigenvalue weighted by Gasteiger charge is 2.13. The summed E-state index contributed by atoms with van der Waals surface area (Å²) in [5.41, 5.74) is 6.15. The van der Waals surface area contributed by atoms with Gasteiger partial charge in [-0.3, -0.25) is 4.79 Å². The third-order valence-corrected chi connectivity index (χ3v) is 1.84. The monoisotopic (exact) mass is 179 g/mol. The second kappa shape index (κ2) is 4.74. The molecule has 3 heteroatoms. The summed E-state index contributed by atoms with van der Waals surface area (Å²) in [6, 6.07) is 8.28. The van der Waals surface area contributed by atoms with Crippen molar-refractivity contribution in [3.05, 3.63) is 35.9 Å². The van der Waals surface area contributed by atoms with Crippen molar-refractivity contribution < 1.29 is 9.90 Å². The van der Waals surface area contributed by atoms with Gasteiger partial charge in [-0.2, -0.15) is 0 Å². The lowest BCUT2D eigenvalue weighted by Crippen LogP contribution is -2.31. The molecule has 0 aliphatic carbocycles. The number of nitrogens with two attached hydrogens (primary N) is 1. The standard InChI is InChI=1S/C10H13NO2/c11-9(6-7-12)10(13)8-4-2-1-3-5-8/h1-5,9,12H,6-7,11H2. The van der Waals surface area contributed by atoms with Gasteiger partial charge in [0.2, 0.25) is 0 Å². The van der Waals surface area contributed by atoms with Crippen LogP contribution in [0.15, 0.2) is 30.3 Å². The maximum absolute atomic E-state index is 11.5. The van der Waals surface area contributed by atoms with Crippen molar-refractivity contribution in [2.75, 3.05) is 6.61 Å². The number of benzene rings is 1. The van der Waals surface area contributed by atoms with Gasteiger partial charge in [0.15, 0.2) is 5.78 Å². The SMILES string of the molecule is NC(CCO)C(=O)c1ccccc1. The molecule has 1 aromatic rings. The van der Waals surface area contributed by atoms with Gasteiger partial charge in [-0.1, -0.05) is 30.3 Å². The summed E-state index contributed by atoms with van der Waals surface area (Å²) in [6.45, 7) is -0.0558. The fourth-order valence-electron chi connectivity index (χ4n) is 1.09. The van der Waals surface area contributed by atoms with Crippen molar-refractivity contribution in [2.24, 2.45) is 5.73 Å². The maximum atomic E-state index is 11.5. The summed E-state index contributed by atoms with van der Waals surface area (Å²) in [4.78, 5) is 11.5. The predicted octanol–water partition coefficient (Wildman–Crippen LogP) is 0.579. The van der Waals surface area contributed by atoms with E-state index in [-0.39, 0.29) is 12.4 Å². The van der Waals surface area contributed by atoms with Crippen molar-refractivity contribution in [3.8, 4) is 0 Å². The van der Waals surface area contributed by atoms with Crippen molar-refractivity contribution in [3.63, 3.8) is 0 Å². The normalized spacial score (nSPS) is 12.5. The van der Waals surface area contributed by atoms with Crippen LogP contribution in [0.25, 0.3) is 0 Å². The number of Topliss-reactive ketones (excluding diaryl/α,β-unsaturated/α-hetero) is 1. The third-order valence-electron chi connectivity index (χ3n) is 1.84. The molecule has 0 radical (unpaired) electrons. The molecular formula is C10H13NO2. The Bertz CT molecular complexity index is 272. The van der Waals surface area contributed by atoms with Gasteiger partial charge in [0.25, 0.3) is 0 Å². The van der Waals surface area contributed by atoms with E-state index in [9.17, 15) is 4.79 Å². The van der Waals surface area contributed by atoms with Crippen LogP contribution in [-0.2, 0) is 0 Å². The Labute approximate surface area is 77.2 Å². The van der Waals surface area contributed by atoms with Crippen LogP contribution < -0.4 is 5.73 Å². The van der Waals surface area contributed by atoms with Gasteiger partial charge in [0.1, 0.15) is 0 Å². The Morgan fingerprint density at radius 2 is 2.00 bits per heavy atom. The highest BCUT2D eigenvalue weighted by atomic mass is 16.3. The predicted molar refractivity (Wildman–Crippen MR) is 50.5 cm³/mol. The first-order valence-electron chi connectivity index (χ1n) is 4.21. The smallest absolute Gasteiger partial charge is 0.179 e. The first kappa shape index (κ1) is 9.89. The van der Waals surface area contributed by atoms with E-state index in [2.05, 4.69) is 0 Å². The lowest BCUT2D eigenvalue weighted by atomic mass is 10.0. The fraction of sp³-hybridized carbons (Fsp3) is 0.300. The molecule has 0 saturated carbocycles. The summed E-state index contributed by atoms with van der Waals surface area (Å²) in [6.07, 6.45) is 0.313. The zero-order valence-electron chi connectivity index (χ0n) is 7.31. The molecule has 0 fully saturated rings. The molecule has 13 heavy (non-hydrogen) atoms. The van der Waals surface area contributed by atoms with Crippen molar-refractivity contribution in [2.45, 2.75) is 12.5 Å². The van der Waals surface area contributed by atoms with Crippen molar-refractivity contribution >= 4 is 5.78 Å². The van der Waals surface area contributed by atoms with Crippen LogP contribution in [0.3, 0.4) is 0 Å². The van der Waals surface area contributed by atoms with Crippen LogP contribution in [0.1, 0.15) is 16.8 Å². The molecule has 3 nitrogen and oxygen atoms in total. The van der Waals surface area contributed by atoms with E-state index in [1.165, 1.54) is 0 Å². The molecule has 1 unspecified atom stereocenters. The summed E-state index contributed by atoms with van der Waals surface area (Å²) in [7, 11) is 0. The van der Waals surface area contributed by atoms with Gasteiger partial charge < -0.3 is 10.8 Å². The van der Waals surface area contributed by atoms with Crippen molar-refractivity contribution in [1.82, 2.24) is 0 Å². The molecule has 1 atom stereocenters. The first-order valence-corrected chi connectivity index (χ1v) is 4.21. The number of aliphatic hydroxyl groups excluding tert-OH is 1. The average molecular weight is 179 g/mol. The minimum absolute atomic E-state index is 0.0558. The van der Waals surface area contributed by atoms with Crippen LogP contribution in [0.2, 0.25) is 0 Å². The van der Waals surface area contributed by atoms with Crippen LogP contribution in [-0.4, -0.2) is 23.5 Å². The highest BCUT2D eigenvalue weighted by molar-refractivity contribution is 5.99. The third kappa shape index (κ3) is 2.65. The zero-order chi connectivity index (χ0) is 9.68. The van der Waals surface area contributed by atoms with E-state index in [0.717, 1.165) is 0 Å². The molecule has 0 spiro atoms. The summed E-state index contributed by atoms with van der Waals surface area (Å²) in [5.74, 6) is -0.116. The lowest BCUT2D eigenvalue weighted by molar-refractivity contribution is 0.0946. The number of hydrogen-bond acceptors (Lipinski definition) is 3. The quantitative estimate of drug-likeness (QED) is 0.664. The highest BCUT2D eigenvalue weighted by Crippen LogP contribution is 2.03. The Balaban J connectivity index is 2.68. The summed E-state index contributed by atoms with van der Waals surface area (Å²) < 4.78 is 0. The van der Waals surface area contributed by atoms with E-state index in [4.69, 9.17) is 10.8 Å². The van der Waals surface area contributed by atoms with E-state index in [1.807, 2.05) is 6.07 Å². The molecule has 0 heterocycles. The molecule has 3 N–H and O–H groups in total. The van der Waals surface area contributed by atoms with Crippen LogP contribution in [0.5, 0.6) is 0 Å². The second-order valence-corrected chi connectivity index (χ2v) is 2.85.